The fourth-order valence-electron chi connectivity index (χ4n) is 8.69. The number of morpholine rings is 1. The number of alkyl carbamates (subject to hydrolysis) is 1. The van der Waals surface area contributed by atoms with Crippen molar-refractivity contribution in [2.75, 3.05) is 53.0 Å². The first-order chi connectivity index (χ1) is 29.4. The van der Waals surface area contributed by atoms with Crippen LogP contribution in [0.2, 0.25) is 0 Å². The van der Waals surface area contributed by atoms with Crippen LogP contribution in [0.3, 0.4) is 0 Å². The van der Waals surface area contributed by atoms with Crippen LogP contribution in [0.1, 0.15) is 71.1 Å². The van der Waals surface area contributed by atoms with Gasteiger partial charge in [-0.1, -0.05) is 97.1 Å². The molecule has 0 saturated carbocycles. The number of rotatable bonds is 12. The van der Waals surface area contributed by atoms with Gasteiger partial charge in [0.1, 0.15) is 17.9 Å². The first kappa shape index (κ1) is 40.5. The van der Waals surface area contributed by atoms with Crippen LogP contribution in [0, 0.1) is 0 Å². The van der Waals surface area contributed by atoms with Crippen LogP contribution in [0.5, 0.6) is 0 Å². The zero-order valence-electron chi connectivity index (χ0n) is 33.8. The predicted octanol–water partition coefficient (Wildman–Crippen LogP) is 6.30. The van der Waals surface area contributed by atoms with Crippen LogP contribution < -0.4 is 10.6 Å². The van der Waals surface area contributed by atoms with E-state index in [2.05, 4.69) is 20.5 Å². The van der Waals surface area contributed by atoms with Gasteiger partial charge in [-0.05, 0) is 65.6 Å². The number of nitrogens with one attached hydrogen (secondary N) is 3. The summed E-state index contributed by atoms with van der Waals surface area (Å²) >= 11 is 0. The minimum Gasteiger partial charge on any atom is -0.453 e. The van der Waals surface area contributed by atoms with Crippen molar-refractivity contribution < 1.29 is 28.7 Å². The molecule has 13 nitrogen and oxygen atoms in total. The van der Waals surface area contributed by atoms with E-state index in [-0.39, 0.29) is 35.8 Å². The second kappa shape index (κ2) is 18.7. The molecule has 4 heterocycles. The molecule has 0 radical (unpaired) electrons. The molecular formula is C47H51N7O6. The Bertz CT molecular complexity index is 2240. The molecular weight excluding hydrogens is 759 g/mol. The number of amides is 4. The third-order valence-electron chi connectivity index (χ3n) is 11.9. The van der Waals surface area contributed by atoms with Crippen LogP contribution in [0.25, 0.3) is 22.4 Å². The summed E-state index contributed by atoms with van der Waals surface area (Å²) in [5.41, 5.74) is 6.01. The number of nitrogens with zero attached hydrogens (tertiary/aromatic N) is 4. The molecule has 3 aliphatic heterocycles. The van der Waals surface area contributed by atoms with Gasteiger partial charge in [0.25, 0.3) is 5.91 Å². The lowest BCUT2D eigenvalue weighted by molar-refractivity contribution is -0.140. The number of imidazole rings is 1. The monoisotopic (exact) mass is 809 g/mol. The number of carbonyl (C=O) groups excluding carboxylic acids is 4. The summed E-state index contributed by atoms with van der Waals surface area (Å²) in [4.78, 5) is 67.7. The maximum absolute atomic E-state index is 14.3. The number of hydrogen-bond donors (Lipinski definition) is 3. The number of H-pyrrole nitrogens is 1. The summed E-state index contributed by atoms with van der Waals surface area (Å²) < 4.78 is 10.4. The van der Waals surface area contributed by atoms with Gasteiger partial charge in [0.15, 0.2) is 0 Å². The Balaban J connectivity index is 0.882. The van der Waals surface area contributed by atoms with Crippen molar-refractivity contribution in [2.45, 2.75) is 49.9 Å². The summed E-state index contributed by atoms with van der Waals surface area (Å²) in [5.74, 6) is 0.433. The summed E-state index contributed by atoms with van der Waals surface area (Å²) in [6, 6.07) is 33.2. The third-order valence-corrected chi connectivity index (χ3v) is 11.9. The standard InChI is InChI=1S/C47H51N7O6/c1-59-47(58)51-41(35-10-4-2-5-11-35)45(56)53-24-8-14-38(53)30-49-44(55)37-22-18-33(19-23-37)32-16-20-34(21-17-32)39-31-48-43(50-39)40-15-9-25-54(40)46(57)42(36-12-6-3-7-13-36)52-26-28-60-29-27-52/h2-7,10-13,16-23,31,38,40-42H,8-9,14-15,24-30H2,1H3,(H,48,50)(H,49,55)(H,51,58)/t38-,40-,41+,42+/m0/s1. The quantitative estimate of drug-likeness (QED) is 0.133. The lowest BCUT2D eigenvalue weighted by atomic mass is 10.0. The van der Waals surface area contributed by atoms with Gasteiger partial charge in [0, 0.05) is 44.3 Å². The van der Waals surface area contributed by atoms with E-state index < -0.39 is 12.1 Å². The molecule has 8 rings (SSSR count). The Kier molecular flexibility index (Phi) is 12.6. The van der Waals surface area contributed by atoms with E-state index in [1.165, 1.54) is 7.11 Å². The minimum absolute atomic E-state index is 0.104. The maximum atomic E-state index is 14.3. The van der Waals surface area contributed by atoms with Gasteiger partial charge >= 0.3 is 6.09 Å². The molecule has 3 saturated heterocycles. The van der Waals surface area contributed by atoms with Crippen molar-refractivity contribution in [2.24, 2.45) is 0 Å². The molecule has 3 fully saturated rings. The number of aromatic amines is 1. The maximum Gasteiger partial charge on any atom is 0.407 e. The van der Waals surface area contributed by atoms with Crippen LogP contribution in [0.4, 0.5) is 4.79 Å². The Morgan fingerprint density at radius 1 is 0.750 bits per heavy atom. The number of aromatic nitrogens is 2. The highest BCUT2D eigenvalue weighted by Gasteiger charge is 2.39. The number of benzene rings is 4. The third kappa shape index (κ3) is 8.97. The fraction of sp³-hybridized carbons (Fsp3) is 0.340. The summed E-state index contributed by atoms with van der Waals surface area (Å²) in [5, 5.41) is 5.69. The Morgan fingerprint density at radius 3 is 2.05 bits per heavy atom. The van der Waals surface area contributed by atoms with Gasteiger partial charge in [0.05, 0.1) is 38.3 Å². The van der Waals surface area contributed by atoms with Gasteiger partial charge in [-0.2, -0.15) is 0 Å². The van der Waals surface area contributed by atoms with E-state index in [1.54, 1.807) is 29.2 Å². The smallest absolute Gasteiger partial charge is 0.407 e. The molecule has 1 aromatic heterocycles. The van der Waals surface area contributed by atoms with Crippen molar-refractivity contribution >= 4 is 23.8 Å². The molecule has 0 aliphatic carbocycles. The Labute approximate surface area is 350 Å². The van der Waals surface area contributed by atoms with Gasteiger partial charge in [-0.25, -0.2) is 9.78 Å². The predicted molar refractivity (Wildman–Crippen MR) is 227 cm³/mol. The highest BCUT2D eigenvalue weighted by molar-refractivity contribution is 5.95. The molecule has 4 amide bonds. The molecule has 5 aromatic rings. The lowest BCUT2D eigenvalue weighted by Gasteiger charge is -2.37. The van der Waals surface area contributed by atoms with Crippen molar-refractivity contribution in [3.63, 3.8) is 0 Å². The highest BCUT2D eigenvalue weighted by Crippen LogP contribution is 2.36. The molecule has 13 heteroatoms. The van der Waals surface area contributed by atoms with Crippen LogP contribution in [-0.4, -0.2) is 108 Å². The molecule has 0 unspecified atom stereocenters. The Morgan fingerprint density at radius 2 is 1.37 bits per heavy atom. The van der Waals surface area contributed by atoms with E-state index in [0.29, 0.717) is 57.1 Å². The number of methoxy groups -OCH3 is 1. The summed E-state index contributed by atoms with van der Waals surface area (Å²) in [6.07, 6.45) is 4.46. The van der Waals surface area contributed by atoms with E-state index in [1.807, 2.05) is 96.0 Å². The van der Waals surface area contributed by atoms with E-state index >= 15 is 0 Å². The second-order valence-corrected chi connectivity index (χ2v) is 15.5. The van der Waals surface area contributed by atoms with Crippen molar-refractivity contribution in [3.8, 4) is 22.4 Å². The molecule has 0 bridgehead atoms. The van der Waals surface area contributed by atoms with Crippen molar-refractivity contribution in [1.82, 2.24) is 35.3 Å². The van der Waals surface area contributed by atoms with E-state index in [9.17, 15) is 19.2 Å². The summed E-state index contributed by atoms with van der Waals surface area (Å²) in [7, 11) is 1.26. The first-order valence-corrected chi connectivity index (χ1v) is 20.8. The summed E-state index contributed by atoms with van der Waals surface area (Å²) in [6.45, 7) is 4.18. The average molecular weight is 810 g/mol. The van der Waals surface area contributed by atoms with E-state index in [4.69, 9.17) is 14.5 Å². The number of carbonyl (C=O) groups is 4. The van der Waals surface area contributed by atoms with Crippen LogP contribution in [-0.2, 0) is 19.1 Å². The molecule has 4 atom stereocenters. The average Bonchev–Trinajstić information content (AvgIpc) is 4.11. The highest BCUT2D eigenvalue weighted by atomic mass is 16.5. The van der Waals surface area contributed by atoms with Gasteiger partial charge in [0.2, 0.25) is 11.8 Å². The molecule has 60 heavy (non-hydrogen) atoms. The zero-order chi connectivity index (χ0) is 41.4. The molecule has 3 N–H and O–H groups in total. The topological polar surface area (TPSA) is 149 Å². The van der Waals surface area contributed by atoms with Crippen molar-refractivity contribution in [3.05, 3.63) is 138 Å². The first-order valence-electron chi connectivity index (χ1n) is 20.8. The second-order valence-electron chi connectivity index (χ2n) is 15.5. The largest absolute Gasteiger partial charge is 0.453 e. The van der Waals surface area contributed by atoms with Crippen molar-refractivity contribution in [1.29, 1.82) is 0 Å². The number of likely N-dealkylation sites (tertiary alicyclic amines) is 2. The SMILES string of the molecule is COC(=O)N[C@@H](C(=O)N1CCC[C@H]1CNC(=O)c1ccc(-c2ccc(-c3cnc([C@@H]4CCCN4C(=O)[C@@H](c4ccccc4)N4CCOCC4)[nH]3)cc2)cc1)c1ccccc1. The van der Waals surface area contributed by atoms with Gasteiger partial charge < -0.3 is 34.9 Å². The van der Waals surface area contributed by atoms with Crippen LogP contribution in [0.15, 0.2) is 115 Å². The minimum atomic E-state index is -0.895. The van der Waals surface area contributed by atoms with E-state index in [0.717, 1.165) is 59.5 Å². The fourth-order valence-corrected chi connectivity index (χ4v) is 8.69. The molecule has 3 aliphatic rings. The zero-order valence-corrected chi connectivity index (χ0v) is 33.8. The van der Waals surface area contributed by atoms with Gasteiger partial charge in [-0.15, -0.1) is 0 Å². The lowest BCUT2D eigenvalue weighted by Crippen LogP contribution is -2.48. The normalized spacial score (nSPS) is 19.1. The molecule has 4 aromatic carbocycles. The van der Waals surface area contributed by atoms with Crippen LogP contribution >= 0.6 is 0 Å². The Hall–Kier alpha value is -6.31. The van der Waals surface area contributed by atoms with Gasteiger partial charge in [-0.3, -0.25) is 19.3 Å². The number of ether oxygens (including phenoxy) is 2. The number of hydrogen-bond acceptors (Lipinski definition) is 8. The molecule has 310 valence electrons. The molecule has 0 spiro atoms.